The average Bonchev–Trinajstić information content (AvgIpc) is 2.96. The summed E-state index contributed by atoms with van der Waals surface area (Å²) in [5.41, 5.74) is 3.26. The molecule has 21 heavy (non-hydrogen) atoms. The van der Waals surface area contributed by atoms with Crippen LogP contribution in [0.1, 0.15) is 31.4 Å². The lowest BCUT2D eigenvalue weighted by Crippen LogP contribution is -2.16. The topological polar surface area (TPSA) is 54.2 Å². The molecule has 0 saturated heterocycles. The lowest BCUT2D eigenvalue weighted by molar-refractivity contribution is 0.280. The molecule has 0 aliphatic rings. The zero-order valence-electron chi connectivity index (χ0n) is 13.0. The van der Waals surface area contributed by atoms with E-state index >= 15 is 0 Å². The maximum Gasteiger partial charge on any atom is 0.113 e. The summed E-state index contributed by atoms with van der Waals surface area (Å²) in [6, 6.07) is 8.81. The second-order valence-electron chi connectivity index (χ2n) is 5.56. The van der Waals surface area contributed by atoms with Crippen LogP contribution in [-0.4, -0.2) is 45.7 Å². The van der Waals surface area contributed by atoms with Gasteiger partial charge < -0.3 is 10.0 Å². The van der Waals surface area contributed by atoms with Crippen LogP contribution >= 0.6 is 0 Å². The number of nitrogens with zero attached hydrogens (tertiary/aromatic N) is 4. The van der Waals surface area contributed by atoms with Crippen molar-refractivity contribution in [1.82, 2.24) is 19.9 Å². The SMILES string of the molecule is CC(c1cccc(-c2cn(CCCCO)nn2)c1)N(C)C. The van der Waals surface area contributed by atoms with Crippen LogP contribution in [0.15, 0.2) is 30.5 Å². The van der Waals surface area contributed by atoms with Gasteiger partial charge in [0.1, 0.15) is 5.69 Å². The first-order valence-electron chi connectivity index (χ1n) is 7.39. The fourth-order valence-corrected chi connectivity index (χ4v) is 2.18. The third-order valence-corrected chi connectivity index (χ3v) is 3.77. The van der Waals surface area contributed by atoms with E-state index in [2.05, 4.69) is 60.5 Å². The smallest absolute Gasteiger partial charge is 0.113 e. The van der Waals surface area contributed by atoms with Gasteiger partial charge in [-0.15, -0.1) is 5.10 Å². The van der Waals surface area contributed by atoms with Crippen molar-refractivity contribution in [2.45, 2.75) is 32.4 Å². The van der Waals surface area contributed by atoms with E-state index in [0.29, 0.717) is 6.04 Å². The molecular weight excluding hydrogens is 264 g/mol. The maximum atomic E-state index is 8.81. The number of aliphatic hydroxyl groups is 1. The molecule has 5 heteroatoms. The third kappa shape index (κ3) is 4.12. The quantitative estimate of drug-likeness (QED) is 0.795. The van der Waals surface area contributed by atoms with E-state index in [1.807, 2.05) is 10.9 Å². The Morgan fingerprint density at radius 2 is 2.10 bits per heavy atom. The predicted octanol–water partition coefficient (Wildman–Crippen LogP) is 2.34. The van der Waals surface area contributed by atoms with E-state index in [4.69, 9.17) is 5.11 Å². The Bertz CT molecular complexity index is 565. The standard InChI is InChI=1S/C16H24N4O/c1-13(19(2)3)14-7-6-8-15(11-14)16-12-20(18-17-16)9-4-5-10-21/h6-8,11-13,21H,4-5,9-10H2,1-3H3. The minimum absolute atomic E-state index is 0.228. The molecular formula is C16H24N4O. The van der Waals surface area contributed by atoms with Crippen LogP contribution in [0.5, 0.6) is 0 Å². The molecule has 0 saturated carbocycles. The summed E-state index contributed by atoms with van der Waals surface area (Å²) in [6.07, 6.45) is 3.68. The highest BCUT2D eigenvalue weighted by molar-refractivity contribution is 5.58. The van der Waals surface area contributed by atoms with Crippen molar-refractivity contribution in [3.8, 4) is 11.3 Å². The molecule has 0 amide bonds. The van der Waals surface area contributed by atoms with Crippen LogP contribution in [0.3, 0.4) is 0 Å². The molecule has 2 aromatic rings. The predicted molar refractivity (Wildman–Crippen MR) is 83.9 cm³/mol. The summed E-state index contributed by atoms with van der Waals surface area (Å²) < 4.78 is 1.84. The Labute approximate surface area is 126 Å². The van der Waals surface area contributed by atoms with Gasteiger partial charge in [-0.2, -0.15) is 0 Å². The molecule has 1 unspecified atom stereocenters. The summed E-state index contributed by atoms with van der Waals surface area (Å²) in [4.78, 5) is 2.19. The molecule has 1 N–H and O–H groups in total. The van der Waals surface area contributed by atoms with Crippen molar-refractivity contribution >= 4 is 0 Å². The highest BCUT2D eigenvalue weighted by Crippen LogP contribution is 2.23. The number of unbranched alkanes of at least 4 members (excludes halogenated alkanes) is 1. The summed E-state index contributed by atoms with van der Waals surface area (Å²) in [5, 5.41) is 17.2. The number of benzene rings is 1. The summed E-state index contributed by atoms with van der Waals surface area (Å²) in [6.45, 7) is 3.21. The van der Waals surface area contributed by atoms with E-state index in [1.54, 1.807) is 0 Å². The summed E-state index contributed by atoms with van der Waals surface area (Å²) >= 11 is 0. The number of aryl methyl sites for hydroxylation is 1. The molecule has 114 valence electrons. The lowest BCUT2D eigenvalue weighted by Gasteiger charge is -2.20. The Hall–Kier alpha value is -1.72. The van der Waals surface area contributed by atoms with E-state index in [9.17, 15) is 0 Å². The zero-order chi connectivity index (χ0) is 15.2. The fraction of sp³-hybridized carbons (Fsp3) is 0.500. The highest BCUT2D eigenvalue weighted by atomic mass is 16.2. The molecule has 1 aromatic carbocycles. The Morgan fingerprint density at radius 1 is 1.29 bits per heavy atom. The maximum absolute atomic E-state index is 8.81. The molecule has 0 fully saturated rings. The molecule has 0 aliphatic carbocycles. The molecule has 1 atom stereocenters. The van der Waals surface area contributed by atoms with Crippen LogP contribution < -0.4 is 0 Å². The Kier molecular flexibility index (Phi) is 5.47. The van der Waals surface area contributed by atoms with Crippen molar-refractivity contribution in [2.24, 2.45) is 0 Å². The first-order chi connectivity index (χ1) is 10.1. The zero-order valence-corrected chi connectivity index (χ0v) is 13.0. The van der Waals surface area contributed by atoms with Gasteiger partial charge in [0.25, 0.3) is 0 Å². The van der Waals surface area contributed by atoms with Crippen molar-refractivity contribution < 1.29 is 5.11 Å². The van der Waals surface area contributed by atoms with E-state index in [1.165, 1.54) is 5.56 Å². The lowest BCUT2D eigenvalue weighted by atomic mass is 10.0. The highest BCUT2D eigenvalue weighted by Gasteiger charge is 2.10. The van der Waals surface area contributed by atoms with Crippen LogP contribution in [-0.2, 0) is 6.54 Å². The number of hydrogen-bond donors (Lipinski definition) is 1. The second kappa shape index (κ2) is 7.33. The van der Waals surface area contributed by atoms with Crippen molar-refractivity contribution in [3.05, 3.63) is 36.0 Å². The van der Waals surface area contributed by atoms with Crippen LogP contribution in [0, 0.1) is 0 Å². The summed E-state index contributed by atoms with van der Waals surface area (Å²) in [5.74, 6) is 0. The van der Waals surface area contributed by atoms with Crippen molar-refractivity contribution in [2.75, 3.05) is 20.7 Å². The molecule has 0 aliphatic heterocycles. The van der Waals surface area contributed by atoms with Gasteiger partial charge in [0.2, 0.25) is 0 Å². The number of aliphatic hydroxyl groups excluding tert-OH is 1. The summed E-state index contributed by atoms with van der Waals surface area (Å²) in [7, 11) is 4.16. The van der Waals surface area contributed by atoms with Crippen LogP contribution in [0.25, 0.3) is 11.3 Å². The minimum Gasteiger partial charge on any atom is -0.396 e. The average molecular weight is 288 g/mol. The molecule has 5 nitrogen and oxygen atoms in total. The van der Waals surface area contributed by atoms with Gasteiger partial charge >= 0.3 is 0 Å². The second-order valence-corrected chi connectivity index (χ2v) is 5.56. The Balaban J connectivity index is 2.13. The fourth-order valence-electron chi connectivity index (χ4n) is 2.18. The van der Waals surface area contributed by atoms with Gasteiger partial charge in [-0.25, -0.2) is 0 Å². The molecule has 0 spiro atoms. The van der Waals surface area contributed by atoms with Crippen molar-refractivity contribution in [1.29, 1.82) is 0 Å². The monoisotopic (exact) mass is 288 g/mol. The molecule has 1 heterocycles. The molecule has 0 radical (unpaired) electrons. The normalized spacial score (nSPS) is 12.8. The molecule has 2 rings (SSSR count). The molecule has 0 bridgehead atoms. The largest absolute Gasteiger partial charge is 0.396 e. The first kappa shape index (κ1) is 15.7. The van der Waals surface area contributed by atoms with Gasteiger partial charge in [-0.05, 0) is 45.5 Å². The van der Waals surface area contributed by atoms with Crippen LogP contribution in [0.4, 0.5) is 0 Å². The Morgan fingerprint density at radius 3 is 2.81 bits per heavy atom. The van der Waals surface area contributed by atoms with Gasteiger partial charge in [0, 0.05) is 24.8 Å². The van der Waals surface area contributed by atoms with Gasteiger partial charge in [-0.3, -0.25) is 4.68 Å². The first-order valence-corrected chi connectivity index (χ1v) is 7.39. The number of aromatic nitrogens is 3. The van der Waals surface area contributed by atoms with Gasteiger partial charge in [0.15, 0.2) is 0 Å². The third-order valence-electron chi connectivity index (χ3n) is 3.77. The van der Waals surface area contributed by atoms with Gasteiger partial charge in [0.05, 0.1) is 6.20 Å². The van der Waals surface area contributed by atoms with Gasteiger partial charge in [-0.1, -0.05) is 23.4 Å². The van der Waals surface area contributed by atoms with Crippen molar-refractivity contribution in [3.63, 3.8) is 0 Å². The van der Waals surface area contributed by atoms with E-state index < -0.39 is 0 Å². The van der Waals surface area contributed by atoms with E-state index in [-0.39, 0.29) is 6.61 Å². The minimum atomic E-state index is 0.228. The van der Waals surface area contributed by atoms with E-state index in [0.717, 1.165) is 30.6 Å². The van der Waals surface area contributed by atoms with Crippen LogP contribution in [0.2, 0.25) is 0 Å². The molecule has 1 aromatic heterocycles. The number of hydrogen-bond acceptors (Lipinski definition) is 4. The number of rotatable bonds is 7.